The normalized spacial score (nSPS) is 29.3. The predicted molar refractivity (Wildman–Crippen MR) is 63.5 cm³/mol. The second kappa shape index (κ2) is 7.42. The molecule has 110 valence electrons. The molecule has 1 saturated heterocycles. The minimum Gasteiger partial charge on any atom is -0.463 e. The maximum absolute atomic E-state index is 11.1. The number of ether oxygens (including phenoxy) is 5. The highest BCUT2D eigenvalue weighted by atomic mass is 16.6. The summed E-state index contributed by atoms with van der Waals surface area (Å²) < 4.78 is 40.2. The van der Waals surface area contributed by atoms with Crippen LogP contribution in [0.15, 0.2) is 0 Å². The molecule has 0 aromatic carbocycles. The van der Waals surface area contributed by atoms with E-state index in [0.717, 1.165) is 0 Å². The first kappa shape index (κ1) is 12.8. The van der Waals surface area contributed by atoms with Gasteiger partial charge >= 0.3 is 11.9 Å². The van der Waals surface area contributed by atoms with E-state index in [2.05, 4.69) is 0 Å². The summed E-state index contributed by atoms with van der Waals surface area (Å²) in [5.41, 5.74) is 0. The number of rotatable bonds is 6. The molecular weight excluding hydrogens is 256 g/mol. The Morgan fingerprint density at radius 2 is 2.16 bits per heavy atom. The molecule has 1 fully saturated rings. The Morgan fingerprint density at radius 3 is 2.74 bits per heavy atom. The number of hydrogen-bond donors (Lipinski definition) is 0. The van der Waals surface area contributed by atoms with Gasteiger partial charge in [-0.15, -0.1) is 0 Å². The molecule has 0 radical (unpaired) electrons. The number of carbonyl (C=O) groups is 2. The number of hydrogen-bond acceptors (Lipinski definition) is 7. The zero-order chi connectivity index (χ0) is 15.8. The van der Waals surface area contributed by atoms with E-state index in [1.165, 1.54) is 13.8 Å². The lowest BCUT2D eigenvalue weighted by molar-refractivity contribution is -0.154. The van der Waals surface area contributed by atoms with Gasteiger partial charge in [0.25, 0.3) is 0 Å². The SMILES string of the molecule is [2H]CO[C@H]1[C@@H]([C@@H](COC(C)=O)OC[2H])OC[C@@H]1OC(C)=O. The van der Waals surface area contributed by atoms with Gasteiger partial charge in [-0.2, -0.15) is 0 Å². The number of methoxy groups -OCH3 is 2. The van der Waals surface area contributed by atoms with E-state index in [-0.39, 0.29) is 27.4 Å². The molecule has 7 heteroatoms. The van der Waals surface area contributed by atoms with Crippen molar-refractivity contribution in [3.8, 4) is 0 Å². The first-order valence-corrected chi connectivity index (χ1v) is 5.73. The van der Waals surface area contributed by atoms with Crippen molar-refractivity contribution >= 4 is 11.9 Å². The Labute approximate surface area is 114 Å². The first-order chi connectivity index (χ1) is 9.99. The molecule has 0 unspecified atom stereocenters. The molecule has 0 aromatic rings. The topological polar surface area (TPSA) is 80.3 Å². The largest absolute Gasteiger partial charge is 0.463 e. The van der Waals surface area contributed by atoms with Crippen LogP contribution in [-0.4, -0.2) is 63.7 Å². The zero-order valence-electron chi connectivity index (χ0n) is 13.0. The van der Waals surface area contributed by atoms with E-state index < -0.39 is 36.4 Å². The van der Waals surface area contributed by atoms with Gasteiger partial charge in [0.2, 0.25) is 0 Å². The van der Waals surface area contributed by atoms with Crippen molar-refractivity contribution in [2.75, 3.05) is 27.4 Å². The Balaban J connectivity index is 2.74. The summed E-state index contributed by atoms with van der Waals surface area (Å²) in [7, 11) is -0.693. The Bertz CT molecular complexity index is 352. The highest BCUT2D eigenvalue weighted by molar-refractivity contribution is 5.66. The highest BCUT2D eigenvalue weighted by Gasteiger charge is 2.44. The number of carbonyl (C=O) groups excluding carboxylic acids is 2. The fourth-order valence-electron chi connectivity index (χ4n) is 1.88. The molecule has 1 aliphatic rings. The third kappa shape index (κ3) is 4.45. The molecule has 0 saturated carbocycles. The minimum absolute atomic E-state index is 0.0901. The van der Waals surface area contributed by atoms with Crippen LogP contribution in [0.4, 0.5) is 0 Å². The van der Waals surface area contributed by atoms with E-state index in [9.17, 15) is 9.59 Å². The van der Waals surface area contributed by atoms with Crippen LogP contribution < -0.4 is 0 Å². The van der Waals surface area contributed by atoms with Gasteiger partial charge in [-0.25, -0.2) is 0 Å². The average Bonchev–Trinajstić information content (AvgIpc) is 2.77. The van der Waals surface area contributed by atoms with Gasteiger partial charge in [-0.3, -0.25) is 9.59 Å². The third-order valence-corrected chi connectivity index (χ3v) is 2.68. The molecule has 0 spiro atoms. The second-order valence-corrected chi connectivity index (χ2v) is 4.08. The van der Waals surface area contributed by atoms with Crippen LogP contribution in [0.2, 0.25) is 0 Å². The fourth-order valence-corrected chi connectivity index (χ4v) is 1.88. The van der Waals surface area contributed by atoms with Gasteiger partial charge in [-0.1, -0.05) is 0 Å². The molecule has 0 aromatic heterocycles. The maximum atomic E-state index is 11.1. The summed E-state index contributed by atoms with van der Waals surface area (Å²) in [6, 6.07) is 0. The molecule has 0 aliphatic carbocycles. The monoisotopic (exact) mass is 278 g/mol. The van der Waals surface area contributed by atoms with Gasteiger partial charge in [-0.05, 0) is 0 Å². The molecule has 0 N–H and O–H groups in total. The highest BCUT2D eigenvalue weighted by Crippen LogP contribution is 2.24. The molecule has 7 nitrogen and oxygen atoms in total. The molecule has 1 heterocycles. The zero-order valence-corrected chi connectivity index (χ0v) is 11.0. The van der Waals surface area contributed by atoms with E-state index >= 15 is 0 Å². The summed E-state index contributed by atoms with van der Waals surface area (Å²) in [4.78, 5) is 21.9. The molecule has 1 aliphatic heterocycles. The van der Waals surface area contributed by atoms with Crippen molar-refractivity contribution in [1.82, 2.24) is 0 Å². The van der Waals surface area contributed by atoms with Crippen LogP contribution in [0.25, 0.3) is 0 Å². The lowest BCUT2D eigenvalue weighted by atomic mass is 10.1. The van der Waals surface area contributed by atoms with Gasteiger partial charge in [0.1, 0.15) is 24.9 Å². The standard InChI is InChI=1S/C12H20O7/c1-7(13)17-5-9(15-3)12-11(16-4)10(6-18-12)19-8(2)14/h9-12H,5-6H2,1-4H3/t9-,10+,11-,12-/m1/s1/i3D,4D. The van der Waals surface area contributed by atoms with Crippen LogP contribution in [-0.2, 0) is 33.3 Å². The van der Waals surface area contributed by atoms with Gasteiger partial charge in [0.05, 0.1) is 9.35 Å². The maximum Gasteiger partial charge on any atom is 0.303 e. The quantitative estimate of drug-likeness (QED) is 0.628. The van der Waals surface area contributed by atoms with Crippen LogP contribution in [0, 0.1) is 0 Å². The van der Waals surface area contributed by atoms with Crippen LogP contribution in [0.3, 0.4) is 0 Å². The van der Waals surface area contributed by atoms with Crippen molar-refractivity contribution in [2.24, 2.45) is 0 Å². The lowest BCUT2D eigenvalue weighted by Crippen LogP contribution is -2.44. The predicted octanol–water partition coefficient (Wildman–Crippen LogP) is -0.0900. The van der Waals surface area contributed by atoms with Crippen molar-refractivity contribution in [3.05, 3.63) is 0 Å². The molecular formula is C12H20O7. The molecule has 1 rings (SSSR count). The summed E-state index contributed by atoms with van der Waals surface area (Å²) >= 11 is 0. The average molecular weight is 278 g/mol. The van der Waals surface area contributed by atoms with E-state index in [0.29, 0.717) is 0 Å². The second-order valence-electron chi connectivity index (χ2n) is 4.08. The first-order valence-electron chi connectivity index (χ1n) is 7.14. The third-order valence-electron chi connectivity index (χ3n) is 2.68. The van der Waals surface area contributed by atoms with Crippen LogP contribution in [0.1, 0.15) is 16.6 Å². The van der Waals surface area contributed by atoms with Gasteiger partial charge in [0, 0.05) is 28.0 Å². The van der Waals surface area contributed by atoms with E-state index in [1.54, 1.807) is 0 Å². The summed E-state index contributed by atoms with van der Waals surface area (Å²) in [6.07, 6.45) is -2.79. The number of esters is 2. The Kier molecular flexibility index (Phi) is 5.01. The van der Waals surface area contributed by atoms with Gasteiger partial charge < -0.3 is 23.7 Å². The summed E-state index contributed by atoms with van der Waals surface area (Å²) in [5.74, 6) is -0.971. The summed E-state index contributed by atoms with van der Waals surface area (Å²) in [6.45, 7) is 2.50. The molecule has 0 bridgehead atoms. The van der Waals surface area contributed by atoms with Crippen molar-refractivity contribution in [2.45, 2.75) is 38.3 Å². The lowest BCUT2D eigenvalue weighted by Gasteiger charge is -2.26. The Hall–Kier alpha value is -1.18. The van der Waals surface area contributed by atoms with Crippen LogP contribution >= 0.6 is 0 Å². The van der Waals surface area contributed by atoms with Crippen LogP contribution in [0.5, 0.6) is 0 Å². The van der Waals surface area contributed by atoms with Gasteiger partial charge in [0.15, 0.2) is 6.10 Å². The fraction of sp³-hybridized carbons (Fsp3) is 0.833. The van der Waals surface area contributed by atoms with Crippen molar-refractivity contribution < 1.29 is 36.0 Å². The van der Waals surface area contributed by atoms with E-state index in [1.807, 2.05) is 0 Å². The molecule has 4 atom stereocenters. The summed E-state index contributed by atoms with van der Waals surface area (Å²) in [5, 5.41) is 0. The minimum atomic E-state index is -0.733. The Morgan fingerprint density at radius 1 is 1.37 bits per heavy atom. The smallest absolute Gasteiger partial charge is 0.303 e. The van der Waals surface area contributed by atoms with Crippen molar-refractivity contribution in [3.63, 3.8) is 0 Å². The molecule has 19 heavy (non-hydrogen) atoms. The van der Waals surface area contributed by atoms with E-state index in [4.69, 9.17) is 26.4 Å². The van der Waals surface area contributed by atoms with Crippen molar-refractivity contribution in [1.29, 1.82) is 0 Å². The molecule has 0 amide bonds.